The molecule has 1 atom stereocenters. The van der Waals surface area contributed by atoms with Gasteiger partial charge in [0.25, 0.3) is 0 Å². The maximum absolute atomic E-state index is 13.3. The number of ether oxygens (including phenoxy) is 1. The van der Waals surface area contributed by atoms with Crippen LogP contribution in [-0.2, 0) is 16.1 Å². The summed E-state index contributed by atoms with van der Waals surface area (Å²) in [5.74, 6) is 1.51. The molecule has 0 aromatic heterocycles. The number of nitrogens with one attached hydrogen (secondary N) is 1. The lowest BCUT2D eigenvalue weighted by Crippen LogP contribution is -2.49. The van der Waals surface area contributed by atoms with Crippen molar-refractivity contribution in [3.8, 4) is 5.75 Å². The molecule has 0 spiro atoms. The van der Waals surface area contributed by atoms with Gasteiger partial charge in [-0.25, -0.2) is 0 Å². The molecule has 0 aliphatic carbocycles. The SMILES string of the molecule is CCCCNC(=O)C(CC)N(Cc1ccc(OC)cc1)C(=O)CCCSc1ccc(Cl)cc1. The molecule has 0 bridgehead atoms. The number of carbonyl (C=O) groups excluding carboxylic acids is 2. The first kappa shape index (κ1) is 27.1. The molecule has 0 aliphatic rings. The van der Waals surface area contributed by atoms with E-state index in [1.165, 1.54) is 0 Å². The number of hydrogen-bond acceptors (Lipinski definition) is 4. The van der Waals surface area contributed by atoms with E-state index < -0.39 is 6.04 Å². The predicted octanol–water partition coefficient (Wildman–Crippen LogP) is 5.94. The summed E-state index contributed by atoms with van der Waals surface area (Å²) in [5, 5.41) is 3.71. The Kier molecular flexibility index (Phi) is 12.2. The van der Waals surface area contributed by atoms with Crippen molar-refractivity contribution in [1.82, 2.24) is 10.2 Å². The van der Waals surface area contributed by atoms with Crippen molar-refractivity contribution in [3.05, 3.63) is 59.1 Å². The van der Waals surface area contributed by atoms with Crippen LogP contribution in [0.4, 0.5) is 0 Å². The van der Waals surface area contributed by atoms with Crippen LogP contribution in [0.5, 0.6) is 5.75 Å². The van der Waals surface area contributed by atoms with E-state index in [4.69, 9.17) is 16.3 Å². The summed E-state index contributed by atoms with van der Waals surface area (Å²) >= 11 is 7.64. The van der Waals surface area contributed by atoms with Gasteiger partial charge in [-0.15, -0.1) is 11.8 Å². The van der Waals surface area contributed by atoms with Crippen molar-refractivity contribution in [2.45, 2.75) is 63.4 Å². The number of unbranched alkanes of at least 4 members (excludes halogenated alkanes) is 1. The molecule has 0 aliphatic heterocycles. The fourth-order valence-corrected chi connectivity index (χ4v) is 4.42. The average Bonchev–Trinajstić information content (AvgIpc) is 2.83. The van der Waals surface area contributed by atoms with Crippen molar-refractivity contribution in [3.63, 3.8) is 0 Å². The highest BCUT2D eigenvalue weighted by atomic mass is 35.5. The number of carbonyl (C=O) groups is 2. The topological polar surface area (TPSA) is 58.6 Å². The van der Waals surface area contributed by atoms with E-state index in [0.717, 1.165) is 41.2 Å². The summed E-state index contributed by atoms with van der Waals surface area (Å²) in [4.78, 5) is 29.0. The second-order valence-corrected chi connectivity index (χ2v) is 9.45. The van der Waals surface area contributed by atoms with Crippen LogP contribution in [-0.4, -0.2) is 42.2 Å². The molecule has 2 aromatic rings. The smallest absolute Gasteiger partial charge is 0.242 e. The number of methoxy groups -OCH3 is 1. The second-order valence-electron chi connectivity index (χ2n) is 7.84. The molecule has 0 saturated carbocycles. The molecular formula is C26H35ClN2O3S. The van der Waals surface area contributed by atoms with Gasteiger partial charge in [-0.3, -0.25) is 9.59 Å². The summed E-state index contributed by atoms with van der Waals surface area (Å²) in [5.41, 5.74) is 0.972. The Morgan fingerprint density at radius 2 is 1.76 bits per heavy atom. The molecule has 1 N–H and O–H groups in total. The van der Waals surface area contributed by atoms with Gasteiger partial charge in [0.15, 0.2) is 0 Å². The Morgan fingerprint density at radius 1 is 1.06 bits per heavy atom. The standard InChI is InChI=1S/C26H35ClN2O3S/c1-4-6-17-28-26(31)24(5-2)29(19-20-9-13-22(32-3)14-10-20)25(30)8-7-18-33-23-15-11-21(27)12-16-23/h9-16,24H,4-8,17-19H2,1-3H3,(H,28,31). The van der Waals surface area contributed by atoms with E-state index in [9.17, 15) is 9.59 Å². The van der Waals surface area contributed by atoms with Gasteiger partial charge in [-0.1, -0.05) is 44.0 Å². The Hall–Kier alpha value is -2.18. The molecule has 2 rings (SSSR count). The van der Waals surface area contributed by atoms with Gasteiger partial charge in [0.05, 0.1) is 7.11 Å². The van der Waals surface area contributed by atoms with Crippen molar-refractivity contribution in [1.29, 1.82) is 0 Å². The second kappa shape index (κ2) is 14.9. The Balaban J connectivity index is 2.03. The number of nitrogens with zero attached hydrogens (tertiary/aromatic N) is 1. The number of benzene rings is 2. The van der Waals surface area contributed by atoms with Crippen LogP contribution in [0.25, 0.3) is 0 Å². The third kappa shape index (κ3) is 9.30. The minimum absolute atomic E-state index is 0.0000145. The first-order valence-corrected chi connectivity index (χ1v) is 12.9. The summed E-state index contributed by atoms with van der Waals surface area (Å²) < 4.78 is 5.24. The lowest BCUT2D eigenvalue weighted by atomic mass is 10.1. The zero-order valence-corrected chi connectivity index (χ0v) is 21.4. The molecule has 0 fully saturated rings. The van der Waals surface area contributed by atoms with Crippen molar-refractivity contribution in [2.24, 2.45) is 0 Å². The van der Waals surface area contributed by atoms with E-state index in [0.29, 0.717) is 31.0 Å². The average molecular weight is 491 g/mol. The van der Waals surface area contributed by atoms with E-state index in [2.05, 4.69) is 12.2 Å². The van der Waals surface area contributed by atoms with Gasteiger partial charge >= 0.3 is 0 Å². The van der Waals surface area contributed by atoms with Crippen LogP contribution in [0, 0.1) is 0 Å². The number of hydrogen-bond donors (Lipinski definition) is 1. The molecule has 2 aromatic carbocycles. The van der Waals surface area contributed by atoms with E-state index in [-0.39, 0.29) is 11.8 Å². The van der Waals surface area contributed by atoms with Crippen LogP contribution in [0.15, 0.2) is 53.4 Å². The van der Waals surface area contributed by atoms with Gasteiger partial charge in [0, 0.05) is 29.4 Å². The van der Waals surface area contributed by atoms with Gasteiger partial charge < -0.3 is 15.0 Å². The Morgan fingerprint density at radius 3 is 2.36 bits per heavy atom. The van der Waals surface area contributed by atoms with Crippen molar-refractivity contribution < 1.29 is 14.3 Å². The lowest BCUT2D eigenvalue weighted by molar-refractivity contribution is -0.141. The summed E-state index contributed by atoms with van der Waals surface area (Å²) in [6, 6.07) is 14.9. The highest BCUT2D eigenvalue weighted by Crippen LogP contribution is 2.22. The minimum atomic E-state index is -0.486. The number of thioether (sulfide) groups is 1. The zero-order chi connectivity index (χ0) is 24.1. The first-order chi connectivity index (χ1) is 16.0. The first-order valence-electron chi connectivity index (χ1n) is 11.6. The number of halogens is 1. The fourth-order valence-electron chi connectivity index (χ4n) is 3.44. The van der Waals surface area contributed by atoms with Crippen LogP contribution < -0.4 is 10.1 Å². The van der Waals surface area contributed by atoms with E-state index in [1.54, 1.807) is 23.8 Å². The summed E-state index contributed by atoms with van der Waals surface area (Å²) in [7, 11) is 1.63. The molecule has 5 nitrogen and oxygen atoms in total. The van der Waals surface area contributed by atoms with Crippen molar-refractivity contribution in [2.75, 3.05) is 19.4 Å². The van der Waals surface area contributed by atoms with Gasteiger partial charge in [-0.05, 0) is 67.0 Å². The van der Waals surface area contributed by atoms with Crippen LogP contribution in [0.2, 0.25) is 5.02 Å². The minimum Gasteiger partial charge on any atom is -0.497 e. The third-order valence-electron chi connectivity index (χ3n) is 5.34. The van der Waals surface area contributed by atoms with Gasteiger partial charge in [-0.2, -0.15) is 0 Å². The number of rotatable bonds is 14. The molecule has 0 heterocycles. The molecule has 7 heteroatoms. The Labute approximate surface area is 207 Å². The molecule has 0 radical (unpaired) electrons. The molecule has 1 unspecified atom stereocenters. The molecule has 2 amide bonds. The van der Waals surface area contributed by atoms with Crippen LogP contribution >= 0.6 is 23.4 Å². The Bertz CT molecular complexity index is 859. The zero-order valence-electron chi connectivity index (χ0n) is 19.8. The highest BCUT2D eigenvalue weighted by Gasteiger charge is 2.28. The molecule has 0 saturated heterocycles. The maximum Gasteiger partial charge on any atom is 0.242 e. The maximum atomic E-state index is 13.3. The number of amides is 2. The third-order valence-corrected chi connectivity index (χ3v) is 6.70. The van der Waals surface area contributed by atoms with Gasteiger partial charge in [0.1, 0.15) is 11.8 Å². The summed E-state index contributed by atoms with van der Waals surface area (Å²) in [6.45, 7) is 5.07. The largest absolute Gasteiger partial charge is 0.497 e. The lowest BCUT2D eigenvalue weighted by Gasteiger charge is -2.31. The fraction of sp³-hybridized carbons (Fsp3) is 0.462. The van der Waals surface area contributed by atoms with Gasteiger partial charge in [0.2, 0.25) is 11.8 Å². The monoisotopic (exact) mass is 490 g/mol. The van der Waals surface area contributed by atoms with E-state index in [1.807, 2.05) is 55.5 Å². The quantitative estimate of drug-likeness (QED) is 0.263. The molecule has 180 valence electrons. The normalized spacial score (nSPS) is 11.6. The molecule has 33 heavy (non-hydrogen) atoms. The highest BCUT2D eigenvalue weighted by molar-refractivity contribution is 7.99. The summed E-state index contributed by atoms with van der Waals surface area (Å²) in [6.07, 6.45) is 3.64. The van der Waals surface area contributed by atoms with Crippen molar-refractivity contribution >= 4 is 35.2 Å². The predicted molar refractivity (Wildman–Crippen MR) is 137 cm³/mol. The molecular weight excluding hydrogens is 456 g/mol. The van der Waals surface area contributed by atoms with Crippen LogP contribution in [0.3, 0.4) is 0 Å². The van der Waals surface area contributed by atoms with Crippen LogP contribution in [0.1, 0.15) is 51.5 Å². The van der Waals surface area contributed by atoms with E-state index >= 15 is 0 Å².